The van der Waals surface area contributed by atoms with Gasteiger partial charge in [0.05, 0.1) is 36.6 Å². The van der Waals surface area contributed by atoms with E-state index >= 15 is 0 Å². The molecule has 0 N–H and O–H groups in total. The fraction of sp³-hybridized carbons (Fsp3) is 0.192. The molecule has 0 amide bonds. The molecule has 0 aliphatic rings. The molecule has 3 aromatic carbocycles. The van der Waals surface area contributed by atoms with Gasteiger partial charge in [0, 0.05) is 12.7 Å². The first kappa shape index (κ1) is 23.4. The molecular weight excluding hydrogens is 454 g/mol. The fourth-order valence-corrected chi connectivity index (χ4v) is 5.15. The van der Waals surface area contributed by atoms with E-state index in [0.29, 0.717) is 35.9 Å². The Bertz CT molecular complexity index is 1490. The quantitative estimate of drug-likeness (QED) is 0.375. The molecular formula is C26H25NO6S. The zero-order valence-corrected chi connectivity index (χ0v) is 20.0. The Morgan fingerprint density at radius 3 is 2.24 bits per heavy atom. The lowest BCUT2D eigenvalue weighted by Gasteiger charge is -2.15. The number of fused-ring (bicyclic) bond motifs is 1. The molecule has 0 radical (unpaired) electrons. The normalized spacial score (nSPS) is 11.4. The summed E-state index contributed by atoms with van der Waals surface area (Å²) in [5.74, 6) is 1.71. The van der Waals surface area contributed by atoms with Crippen molar-refractivity contribution in [2.45, 2.75) is 23.3 Å². The van der Waals surface area contributed by atoms with E-state index in [4.69, 9.17) is 14.2 Å². The highest BCUT2D eigenvalue weighted by Crippen LogP contribution is 2.26. The third kappa shape index (κ3) is 4.49. The lowest BCUT2D eigenvalue weighted by atomic mass is 10.1. The summed E-state index contributed by atoms with van der Waals surface area (Å²) in [7, 11) is -1.01. The minimum atomic E-state index is -4.09. The molecule has 176 valence electrons. The van der Waals surface area contributed by atoms with Crippen LogP contribution >= 0.6 is 0 Å². The van der Waals surface area contributed by atoms with Crippen LogP contribution in [0.1, 0.15) is 12.5 Å². The second-order valence-corrected chi connectivity index (χ2v) is 9.51. The Labute approximate surface area is 198 Å². The molecule has 7 nitrogen and oxygen atoms in total. The maximum Gasteiger partial charge on any atom is 0.211 e. The summed E-state index contributed by atoms with van der Waals surface area (Å²) in [6.07, 6.45) is 1.41. The predicted molar refractivity (Wildman–Crippen MR) is 130 cm³/mol. The van der Waals surface area contributed by atoms with Crippen molar-refractivity contribution in [3.8, 4) is 17.2 Å². The van der Waals surface area contributed by atoms with Gasteiger partial charge in [-0.25, -0.2) is 8.42 Å². The Morgan fingerprint density at radius 2 is 1.56 bits per heavy atom. The Balaban J connectivity index is 1.93. The maximum atomic E-state index is 13.5. The second-order valence-electron chi connectivity index (χ2n) is 7.59. The Kier molecular flexibility index (Phi) is 6.61. The Morgan fingerprint density at radius 1 is 0.853 bits per heavy atom. The van der Waals surface area contributed by atoms with Crippen LogP contribution in [0.25, 0.3) is 10.9 Å². The molecule has 34 heavy (non-hydrogen) atoms. The van der Waals surface area contributed by atoms with Crippen molar-refractivity contribution in [2.75, 3.05) is 20.8 Å². The highest BCUT2D eigenvalue weighted by molar-refractivity contribution is 7.91. The van der Waals surface area contributed by atoms with Crippen LogP contribution < -0.4 is 19.6 Å². The third-order valence-corrected chi connectivity index (χ3v) is 7.24. The number of nitrogens with zero attached hydrogens (tertiary/aromatic N) is 1. The molecule has 4 aromatic rings. The lowest BCUT2D eigenvalue weighted by Crippen LogP contribution is -2.20. The fourth-order valence-electron chi connectivity index (χ4n) is 3.78. The minimum absolute atomic E-state index is 0.0126. The van der Waals surface area contributed by atoms with Crippen LogP contribution in [-0.4, -0.2) is 33.8 Å². The van der Waals surface area contributed by atoms with Crippen LogP contribution in [0.15, 0.2) is 87.5 Å². The van der Waals surface area contributed by atoms with Crippen LogP contribution in [0.4, 0.5) is 0 Å². The van der Waals surface area contributed by atoms with Crippen molar-refractivity contribution >= 4 is 20.7 Å². The van der Waals surface area contributed by atoms with Crippen LogP contribution in [0.3, 0.4) is 0 Å². The van der Waals surface area contributed by atoms with E-state index in [2.05, 4.69) is 0 Å². The van der Waals surface area contributed by atoms with E-state index in [-0.39, 0.29) is 15.2 Å². The number of hydrogen-bond donors (Lipinski definition) is 0. The summed E-state index contributed by atoms with van der Waals surface area (Å²) in [6.45, 7) is 2.61. The molecule has 0 unspecified atom stereocenters. The molecule has 0 spiro atoms. The number of benzene rings is 3. The molecule has 1 heterocycles. The first-order valence-corrected chi connectivity index (χ1v) is 12.2. The SMILES string of the molecule is CCOc1ccc2c(c1)c(=O)c(S(=O)(=O)c1ccc(OC)cc1)cn2Cc1cccc(OC)c1. The molecule has 8 heteroatoms. The smallest absolute Gasteiger partial charge is 0.211 e. The number of ether oxygens (including phenoxy) is 3. The van der Waals surface area contributed by atoms with Crippen LogP contribution in [0.2, 0.25) is 0 Å². The van der Waals surface area contributed by atoms with Crippen molar-refractivity contribution in [1.29, 1.82) is 0 Å². The van der Waals surface area contributed by atoms with Crippen LogP contribution in [0, 0.1) is 0 Å². The van der Waals surface area contributed by atoms with Gasteiger partial charge in [-0.05, 0) is 67.1 Å². The molecule has 0 aliphatic carbocycles. The van der Waals surface area contributed by atoms with Gasteiger partial charge in [-0.3, -0.25) is 4.79 Å². The summed E-state index contributed by atoms with van der Waals surface area (Å²) in [5, 5.41) is 0.267. The first-order valence-electron chi connectivity index (χ1n) is 10.7. The average molecular weight is 480 g/mol. The summed E-state index contributed by atoms with van der Waals surface area (Å²) < 4.78 is 44.8. The van der Waals surface area contributed by atoms with Gasteiger partial charge in [0.15, 0.2) is 0 Å². The van der Waals surface area contributed by atoms with Gasteiger partial charge in [-0.1, -0.05) is 12.1 Å². The number of aromatic nitrogens is 1. The molecule has 4 rings (SSSR count). The van der Waals surface area contributed by atoms with Crippen molar-refractivity contribution in [3.63, 3.8) is 0 Å². The van der Waals surface area contributed by atoms with E-state index in [9.17, 15) is 13.2 Å². The zero-order chi connectivity index (χ0) is 24.3. The molecule has 0 fully saturated rings. The van der Waals surface area contributed by atoms with Gasteiger partial charge in [-0.15, -0.1) is 0 Å². The minimum Gasteiger partial charge on any atom is -0.497 e. The zero-order valence-electron chi connectivity index (χ0n) is 19.1. The van der Waals surface area contributed by atoms with Gasteiger partial charge in [0.2, 0.25) is 15.3 Å². The largest absolute Gasteiger partial charge is 0.497 e. The molecule has 1 aromatic heterocycles. The van der Waals surface area contributed by atoms with Crippen LogP contribution in [0.5, 0.6) is 17.2 Å². The second kappa shape index (κ2) is 9.61. The van der Waals surface area contributed by atoms with Crippen molar-refractivity contribution in [3.05, 3.63) is 88.7 Å². The monoisotopic (exact) mass is 479 g/mol. The van der Waals surface area contributed by atoms with Gasteiger partial charge in [0.1, 0.15) is 22.1 Å². The number of methoxy groups -OCH3 is 2. The average Bonchev–Trinajstić information content (AvgIpc) is 2.86. The van der Waals surface area contributed by atoms with E-state index in [1.807, 2.05) is 31.2 Å². The van der Waals surface area contributed by atoms with Gasteiger partial charge in [0.25, 0.3) is 0 Å². The van der Waals surface area contributed by atoms with Crippen molar-refractivity contribution in [1.82, 2.24) is 4.57 Å². The number of rotatable bonds is 8. The van der Waals surface area contributed by atoms with E-state index in [1.165, 1.54) is 25.4 Å². The van der Waals surface area contributed by atoms with Gasteiger partial charge in [-0.2, -0.15) is 0 Å². The van der Waals surface area contributed by atoms with Crippen molar-refractivity contribution < 1.29 is 22.6 Å². The van der Waals surface area contributed by atoms with Gasteiger partial charge >= 0.3 is 0 Å². The summed E-state index contributed by atoms with van der Waals surface area (Å²) >= 11 is 0. The van der Waals surface area contributed by atoms with Crippen LogP contribution in [-0.2, 0) is 16.4 Å². The highest BCUT2D eigenvalue weighted by atomic mass is 32.2. The molecule has 0 bridgehead atoms. The maximum absolute atomic E-state index is 13.5. The lowest BCUT2D eigenvalue weighted by molar-refractivity contribution is 0.340. The summed E-state index contributed by atoms with van der Waals surface area (Å²) in [5.41, 5.74) is 0.921. The highest BCUT2D eigenvalue weighted by Gasteiger charge is 2.24. The third-order valence-electron chi connectivity index (χ3n) is 5.48. The van der Waals surface area contributed by atoms with Crippen molar-refractivity contribution in [2.24, 2.45) is 0 Å². The molecule has 0 aliphatic heterocycles. The Hall–Kier alpha value is -3.78. The number of sulfone groups is 1. The number of pyridine rings is 1. The molecule has 0 atom stereocenters. The number of hydrogen-bond acceptors (Lipinski definition) is 6. The van der Waals surface area contributed by atoms with E-state index < -0.39 is 15.3 Å². The molecule has 0 saturated carbocycles. The van der Waals surface area contributed by atoms with E-state index in [1.54, 1.807) is 42.0 Å². The van der Waals surface area contributed by atoms with Gasteiger partial charge < -0.3 is 18.8 Å². The first-order chi connectivity index (χ1) is 16.4. The molecule has 0 saturated heterocycles. The topological polar surface area (TPSA) is 83.8 Å². The summed E-state index contributed by atoms with van der Waals surface area (Å²) in [4.78, 5) is 13.1. The standard InChI is InChI=1S/C26H25NO6S/c1-4-33-21-10-13-24-23(15-21)26(28)25(34(29,30)22-11-8-19(31-2)9-12-22)17-27(24)16-18-6-5-7-20(14-18)32-3/h5-15,17H,4,16H2,1-3H3. The summed E-state index contributed by atoms with van der Waals surface area (Å²) in [6, 6.07) is 18.6. The predicted octanol–water partition coefficient (Wildman–Crippen LogP) is 4.30. The van der Waals surface area contributed by atoms with E-state index in [0.717, 1.165) is 5.56 Å².